The highest BCUT2D eigenvalue weighted by Gasteiger charge is 2.22. The summed E-state index contributed by atoms with van der Waals surface area (Å²) in [6.45, 7) is 2.65. The van der Waals surface area contributed by atoms with Crippen LogP contribution in [0.25, 0.3) is 0 Å². The Balaban J connectivity index is 2.09. The standard InChI is InChI=1S/C16H24N2O2/c17-9-8-15-7-3-4-10-18(15)12-14-6-2-1-5-13(14)11-16(19)20/h1-2,5-6,15H,3-4,7-12,17H2,(H,19,20). The van der Waals surface area contributed by atoms with E-state index in [1.165, 1.54) is 19.3 Å². The lowest BCUT2D eigenvalue weighted by atomic mass is 9.97. The molecule has 0 amide bonds. The van der Waals surface area contributed by atoms with Gasteiger partial charge in [-0.15, -0.1) is 0 Å². The highest BCUT2D eigenvalue weighted by Crippen LogP contribution is 2.23. The Morgan fingerprint density at radius 1 is 1.30 bits per heavy atom. The summed E-state index contributed by atoms with van der Waals surface area (Å²) < 4.78 is 0. The number of carbonyl (C=O) groups is 1. The van der Waals surface area contributed by atoms with Gasteiger partial charge in [-0.3, -0.25) is 9.69 Å². The fourth-order valence-corrected chi connectivity index (χ4v) is 3.05. The highest BCUT2D eigenvalue weighted by molar-refractivity contribution is 5.70. The van der Waals surface area contributed by atoms with Crippen LogP contribution >= 0.6 is 0 Å². The van der Waals surface area contributed by atoms with Crippen LogP contribution < -0.4 is 5.73 Å². The third kappa shape index (κ3) is 4.05. The molecule has 0 spiro atoms. The number of benzene rings is 1. The minimum atomic E-state index is -0.769. The van der Waals surface area contributed by atoms with Crippen molar-refractivity contribution in [3.05, 3.63) is 35.4 Å². The van der Waals surface area contributed by atoms with Crippen molar-refractivity contribution in [2.75, 3.05) is 13.1 Å². The van der Waals surface area contributed by atoms with E-state index in [0.717, 1.165) is 37.2 Å². The fourth-order valence-electron chi connectivity index (χ4n) is 3.05. The molecule has 1 saturated heterocycles. The Kier molecular flexibility index (Phi) is 5.56. The van der Waals surface area contributed by atoms with Gasteiger partial charge in [0.25, 0.3) is 0 Å². The summed E-state index contributed by atoms with van der Waals surface area (Å²) in [5.74, 6) is -0.769. The molecular formula is C16H24N2O2. The van der Waals surface area contributed by atoms with Gasteiger partial charge in [0.05, 0.1) is 6.42 Å². The van der Waals surface area contributed by atoms with E-state index < -0.39 is 5.97 Å². The average molecular weight is 276 g/mol. The third-order valence-corrected chi connectivity index (χ3v) is 4.08. The third-order valence-electron chi connectivity index (χ3n) is 4.08. The van der Waals surface area contributed by atoms with Crippen molar-refractivity contribution >= 4 is 5.97 Å². The number of carboxylic acids is 1. The van der Waals surface area contributed by atoms with Gasteiger partial charge >= 0.3 is 5.97 Å². The summed E-state index contributed by atoms with van der Waals surface area (Å²) >= 11 is 0. The first-order chi connectivity index (χ1) is 9.70. The molecule has 0 aliphatic carbocycles. The number of carboxylic acid groups (broad SMARTS) is 1. The summed E-state index contributed by atoms with van der Waals surface area (Å²) in [7, 11) is 0. The Labute approximate surface area is 120 Å². The van der Waals surface area contributed by atoms with Gasteiger partial charge in [0.2, 0.25) is 0 Å². The van der Waals surface area contributed by atoms with Crippen molar-refractivity contribution in [2.24, 2.45) is 5.73 Å². The molecule has 0 aromatic heterocycles. The van der Waals surface area contributed by atoms with E-state index in [1.807, 2.05) is 24.3 Å². The van der Waals surface area contributed by atoms with Gasteiger partial charge in [-0.2, -0.15) is 0 Å². The predicted octanol–water partition coefficient (Wildman–Crippen LogP) is 2.02. The second kappa shape index (κ2) is 7.41. The molecule has 1 unspecified atom stereocenters. The Bertz CT molecular complexity index is 446. The van der Waals surface area contributed by atoms with Crippen LogP contribution in [0.3, 0.4) is 0 Å². The van der Waals surface area contributed by atoms with E-state index in [9.17, 15) is 4.79 Å². The van der Waals surface area contributed by atoms with Crippen molar-refractivity contribution < 1.29 is 9.90 Å². The quantitative estimate of drug-likeness (QED) is 0.834. The molecule has 1 heterocycles. The Morgan fingerprint density at radius 2 is 2.05 bits per heavy atom. The number of hydrogen-bond acceptors (Lipinski definition) is 3. The largest absolute Gasteiger partial charge is 0.481 e. The number of likely N-dealkylation sites (tertiary alicyclic amines) is 1. The van der Waals surface area contributed by atoms with E-state index >= 15 is 0 Å². The topological polar surface area (TPSA) is 66.6 Å². The average Bonchev–Trinajstić information content (AvgIpc) is 2.43. The maximum Gasteiger partial charge on any atom is 0.307 e. The molecule has 0 saturated carbocycles. The highest BCUT2D eigenvalue weighted by atomic mass is 16.4. The minimum absolute atomic E-state index is 0.103. The molecule has 4 nitrogen and oxygen atoms in total. The van der Waals surface area contributed by atoms with E-state index in [4.69, 9.17) is 10.8 Å². The molecule has 1 fully saturated rings. The van der Waals surface area contributed by atoms with Gasteiger partial charge in [0, 0.05) is 12.6 Å². The van der Waals surface area contributed by atoms with Crippen LogP contribution in [0.15, 0.2) is 24.3 Å². The van der Waals surface area contributed by atoms with Crippen molar-refractivity contribution in [3.63, 3.8) is 0 Å². The number of piperidine rings is 1. The molecule has 2 rings (SSSR count). The molecule has 4 heteroatoms. The van der Waals surface area contributed by atoms with Crippen LogP contribution in [0.4, 0.5) is 0 Å². The zero-order valence-corrected chi connectivity index (χ0v) is 11.9. The van der Waals surface area contributed by atoms with Gasteiger partial charge in [0.15, 0.2) is 0 Å². The Morgan fingerprint density at radius 3 is 2.75 bits per heavy atom. The monoisotopic (exact) mass is 276 g/mol. The molecular weight excluding hydrogens is 252 g/mol. The van der Waals surface area contributed by atoms with Gasteiger partial charge in [-0.05, 0) is 43.5 Å². The lowest BCUT2D eigenvalue weighted by Crippen LogP contribution is -2.40. The van der Waals surface area contributed by atoms with Crippen LogP contribution in [-0.4, -0.2) is 35.1 Å². The first-order valence-corrected chi connectivity index (χ1v) is 7.43. The number of nitrogens with two attached hydrogens (primary N) is 1. The fraction of sp³-hybridized carbons (Fsp3) is 0.562. The number of rotatable bonds is 6. The second-order valence-corrected chi connectivity index (χ2v) is 5.54. The molecule has 0 radical (unpaired) electrons. The maximum atomic E-state index is 10.9. The number of hydrogen-bond donors (Lipinski definition) is 2. The molecule has 110 valence electrons. The zero-order valence-electron chi connectivity index (χ0n) is 11.9. The molecule has 1 atom stereocenters. The lowest BCUT2D eigenvalue weighted by molar-refractivity contribution is -0.136. The molecule has 3 N–H and O–H groups in total. The maximum absolute atomic E-state index is 10.9. The van der Waals surface area contributed by atoms with Crippen molar-refractivity contribution in [1.82, 2.24) is 4.90 Å². The SMILES string of the molecule is NCCC1CCCCN1Cc1ccccc1CC(=O)O. The van der Waals surface area contributed by atoms with Crippen LogP contribution in [0.5, 0.6) is 0 Å². The van der Waals surface area contributed by atoms with Crippen molar-refractivity contribution in [1.29, 1.82) is 0 Å². The summed E-state index contributed by atoms with van der Waals surface area (Å²) in [5, 5.41) is 9.00. The molecule has 1 aliphatic heterocycles. The predicted molar refractivity (Wildman–Crippen MR) is 79.5 cm³/mol. The minimum Gasteiger partial charge on any atom is -0.481 e. The van der Waals surface area contributed by atoms with Gasteiger partial charge in [0.1, 0.15) is 0 Å². The van der Waals surface area contributed by atoms with Crippen molar-refractivity contribution in [3.8, 4) is 0 Å². The van der Waals surface area contributed by atoms with Gasteiger partial charge in [-0.1, -0.05) is 30.7 Å². The van der Waals surface area contributed by atoms with E-state index in [-0.39, 0.29) is 6.42 Å². The second-order valence-electron chi connectivity index (χ2n) is 5.54. The Hall–Kier alpha value is -1.39. The van der Waals surface area contributed by atoms with E-state index in [1.54, 1.807) is 0 Å². The van der Waals surface area contributed by atoms with Crippen LogP contribution in [0, 0.1) is 0 Å². The molecule has 1 aliphatic rings. The van der Waals surface area contributed by atoms with E-state index in [0.29, 0.717) is 6.04 Å². The zero-order chi connectivity index (χ0) is 14.4. The molecule has 1 aromatic carbocycles. The van der Waals surface area contributed by atoms with Crippen LogP contribution in [0.1, 0.15) is 36.8 Å². The van der Waals surface area contributed by atoms with Gasteiger partial charge in [-0.25, -0.2) is 0 Å². The number of aliphatic carboxylic acids is 1. The first kappa shape index (κ1) is 15.0. The number of nitrogens with zero attached hydrogens (tertiary/aromatic N) is 1. The molecule has 1 aromatic rings. The molecule has 20 heavy (non-hydrogen) atoms. The summed E-state index contributed by atoms with van der Waals surface area (Å²) in [4.78, 5) is 13.4. The summed E-state index contributed by atoms with van der Waals surface area (Å²) in [5.41, 5.74) is 7.77. The summed E-state index contributed by atoms with van der Waals surface area (Å²) in [6, 6.07) is 8.42. The smallest absolute Gasteiger partial charge is 0.307 e. The molecule has 0 bridgehead atoms. The van der Waals surface area contributed by atoms with Crippen molar-refractivity contribution in [2.45, 2.75) is 44.7 Å². The van der Waals surface area contributed by atoms with Crippen LogP contribution in [0.2, 0.25) is 0 Å². The summed E-state index contributed by atoms with van der Waals surface area (Å²) in [6.07, 6.45) is 4.84. The normalized spacial score (nSPS) is 19.9. The van der Waals surface area contributed by atoms with Gasteiger partial charge < -0.3 is 10.8 Å². The lowest BCUT2D eigenvalue weighted by Gasteiger charge is -2.36. The van der Waals surface area contributed by atoms with Crippen LogP contribution in [-0.2, 0) is 17.8 Å². The van der Waals surface area contributed by atoms with E-state index in [2.05, 4.69) is 4.90 Å². The first-order valence-electron chi connectivity index (χ1n) is 7.43.